The van der Waals surface area contributed by atoms with Crippen LogP contribution in [0.25, 0.3) is 0 Å². The first-order chi connectivity index (χ1) is 12.9. The number of carbonyl (C=O) groups excluding carboxylic acids is 2. The average Bonchev–Trinajstić information content (AvgIpc) is 2.64. The molecule has 0 unspecified atom stereocenters. The highest BCUT2D eigenvalue weighted by Crippen LogP contribution is 2.23. The highest BCUT2D eigenvalue weighted by Gasteiger charge is 2.31. The standard InChI is InChI=1S/C20H20F2N2O3/c1-13-5-3-4-6-17(13)24-10-9-23(12-19(24)25)20(26)14(2)27-18-8-7-15(21)11-16(18)22/h3-8,11,14H,9-10,12H2,1-2H3/t14-/m1/s1. The minimum absolute atomic E-state index is 0.0766. The topological polar surface area (TPSA) is 49.9 Å². The molecule has 1 saturated heterocycles. The summed E-state index contributed by atoms with van der Waals surface area (Å²) in [6.45, 7) is 4.04. The number of aryl methyl sites for hydroxylation is 1. The number of halogens is 2. The van der Waals surface area contributed by atoms with Crippen LogP contribution in [0, 0.1) is 18.6 Å². The SMILES string of the molecule is Cc1ccccc1N1CCN(C(=O)[C@@H](C)Oc2ccc(F)cc2F)CC1=O. The van der Waals surface area contributed by atoms with Crippen molar-refractivity contribution in [2.24, 2.45) is 0 Å². The van der Waals surface area contributed by atoms with Gasteiger partial charge in [0.15, 0.2) is 17.7 Å². The van der Waals surface area contributed by atoms with Crippen molar-refractivity contribution in [3.8, 4) is 5.75 Å². The monoisotopic (exact) mass is 374 g/mol. The Morgan fingerprint density at radius 1 is 1.15 bits per heavy atom. The van der Waals surface area contributed by atoms with E-state index in [4.69, 9.17) is 4.74 Å². The Labute approximate surface area is 156 Å². The summed E-state index contributed by atoms with van der Waals surface area (Å²) in [6, 6.07) is 10.4. The van der Waals surface area contributed by atoms with Gasteiger partial charge < -0.3 is 14.5 Å². The summed E-state index contributed by atoms with van der Waals surface area (Å²) >= 11 is 0. The minimum Gasteiger partial charge on any atom is -0.478 e. The summed E-state index contributed by atoms with van der Waals surface area (Å²) in [5, 5.41) is 0. The maximum atomic E-state index is 13.7. The van der Waals surface area contributed by atoms with Gasteiger partial charge in [-0.15, -0.1) is 0 Å². The molecule has 0 N–H and O–H groups in total. The lowest BCUT2D eigenvalue weighted by atomic mass is 10.1. The van der Waals surface area contributed by atoms with Gasteiger partial charge in [-0.2, -0.15) is 0 Å². The number of rotatable bonds is 4. The van der Waals surface area contributed by atoms with Crippen LogP contribution in [0.2, 0.25) is 0 Å². The fourth-order valence-corrected chi connectivity index (χ4v) is 3.05. The molecule has 1 heterocycles. The third-order valence-electron chi connectivity index (χ3n) is 4.48. The van der Waals surface area contributed by atoms with Crippen LogP contribution in [0.3, 0.4) is 0 Å². The van der Waals surface area contributed by atoms with Crippen LogP contribution in [0.15, 0.2) is 42.5 Å². The van der Waals surface area contributed by atoms with Gasteiger partial charge in [0.2, 0.25) is 5.91 Å². The number of hydrogen-bond acceptors (Lipinski definition) is 3. The second kappa shape index (κ2) is 7.73. The number of piperazine rings is 1. The lowest BCUT2D eigenvalue weighted by Gasteiger charge is -2.36. The van der Waals surface area contributed by atoms with Crippen LogP contribution >= 0.6 is 0 Å². The number of nitrogens with zero attached hydrogens (tertiary/aromatic N) is 2. The number of ether oxygens (including phenoxy) is 1. The van der Waals surface area contributed by atoms with E-state index in [1.54, 1.807) is 4.90 Å². The fraction of sp³-hybridized carbons (Fsp3) is 0.300. The van der Waals surface area contributed by atoms with Crippen molar-refractivity contribution in [3.05, 3.63) is 59.7 Å². The second-order valence-corrected chi connectivity index (χ2v) is 6.43. The molecule has 3 rings (SSSR count). The van der Waals surface area contributed by atoms with Gasteiger partial charge >= 0.3 is 0 Å². The van der Waals surface area contributed by atoms with Crippen molar-refractivity contribution in [1.82, 2.24) is 4.90 Å². The van der Waals surface area contributed by atoms with Crippen LogP contribution in [-0.2, 0) is 9.59 Å². The van der Waals surface area contributed by atoms with Crippen molar-refractivity contribution in [3.63, 3.8) is 0 Å². The molecule has 2 amide bonds. The molecule has 0 radical (unpaired) electrons. The smallest absolute Gasteiger partial charge is 0.263 e. The van der Waals surface area contributed by atoms with Crippen molar-refractivity contribution in [2.45, 2.75) is 20.0 Å². The van der Waals surface area contributed by atoms with E-state index >= 15 is 0 Å². The van der Waals surface area contributed by atoms with Gasteiger partial charge in [0, 0.05) is 24.8 Å². The average molecular weight is 374 g/mol. The van der Waals surface area contributed by atoms with E-state index < -0.39 is 23.6 Å². The van der Waals surface area contributed by atoms with Gasteiger partial charge in [-0.1, -0.05) is 18.2 Å². The molecule has 5 nitrogen and oxygen atoms in total. The van der Waals surface area contributed by atoms with Crippen LogP contribution < -0.4 is 9.64 Å². The van der Waals surface area contributed by atoms with Crippen LogP contribution in [-0.4, -0.2) is 42.5 Å². The van der Waals surface area contributed by atoms with E-state index in [0.717, 1.165) is 23.4 Å². The Morgan fingerprint density at radius 3 is 2.56 bits per heavy atom. The Hall–Kier alpha value is -2.96. The molecule has 2 aromatic carbocycles. The molecular formula is C20H20F2N2O3. The highest BCUT2D eigenvalue weighted by molar-refractivity contribution is 5.99. The van der Waals surface area contributed by atoms with E-state index in [2.05, 4.69) is 0 Å². The molecule has 0 aromatic heterocycles. The Balaban J connectivity index is 1.65. The largest absolute Gasteiger partial charge is 0.478 e. The molecule has 0 bridgehead atoms. The van der Waals surface area contributed by atoms with E-state index in [1.807, 2.05) is 31.2 Å². The van der Waals surface area contributed by atoms with E-state index in [1.165, 1.54) is 11.8 Å². The number of amides is 2. The maximum Gasteiger partial charge on any atom is 0.263 e. The summed E-state index contributed by atoms with van der Waals surface area (Å²) in [4.78, 5) is 28.1. The summed E-state index contributed by atoms with van der Waals surface area (Å²) in [7, 11) is 0. The summed E-state index contributed by atoms with van der Waals surface area (Å²) in [5.74, 6) is -2.42. The van der Waals surface area contributed by atoms with Crippen LogP contribution in [0.5, 0.6) is 5.75 Å². The van der Waals surface area contributed by atoms with Gasteiger partial charge in [-0.05, 0) is 37.6 Å². The van der Waals surface area contributed by atoms with Gasteiger partial charge in [-0.25, -0.2) is 8.78 Å². The Bertz CT molecular complexity index is 872. The molecule has 1 fully saturated rings. The molecule has 142 valence electrons. The lowest BCUT2D eigenvalue weighted by molar-refractivity contribution is -0.142. The molecule has 0 aliphatic carbocycles. The van der Waals surface area contributed by atoms with Crippen molar-refractivity contribution in [2.75, 3.05) is 24.5 Å². The summed E-state index contributed by atoms with van der Waals surface area (Å²) in [6.07, 6.45) is -0.997. The van der Waals surface area contributed by atoms with E-state index in [9.17, 15) is 18.4 Å². The van der Waals surface area contributed by atoms with Crippen molar-refractivity contribution >= 4 is 17.5 Å². The third-order valence-corrected chi connectivity index (χ3v) is 4.48. The zero-order chi connectivity index (χ0) is 19.6. The van der Waals surface area contributed by atoms with Gasteiger partial charge in [-0.3, -0.25) is 9.59 Å². The summed E-state index contributed by atoms with van der Waals surface area (Å²) < 4.78 is 32.0. The molecule has 1 aliphatic rings. The van der Waals surface area contributed by atoms with Gasteiger partial charge in [0.1, 0.15) is 12.4 Å². The summed E-state index contributed by atoms with van der Waals surface area (Å²) in [5.41, 5.74) is 1.81. The molecule has 1 aliphatic heterocycles. The molecule has 1 atom stereocenters. The van der Waals surface area contributed by atoms with Crippen molar-refractivity contribution < 1.29 is 23.1 Å². The predicted octanol–water partition coefficient (Wildman–Crippen LogP) is 2.92. The minimum atomic E-state index is -0.997. The first kappa shape index (κ1) is 18.8. The lowest BCUT2D eigenvalue weighted by Crippen LogP contribution is -2.55. The predicted molar refractivity (Wildman–Crippen MR) is 96.6 cm³/mol. The Morgan fingerprint density at radius 2 is 1.89 bits per heavy atom. The number of anilines is 1. The first-order valence-electron chi connectivity index (χ1n) is 8.63. The van der Waals surface area contributed by atoms with Crippen LogP contribution in [0.4, 0.5) is 14.5 Å². The molecule has 0 spiro atoms. The fourth-order valence-electron chi connectivity index (χ4n) is 3.05. The third kappa shape index (κ3) is 4.07. The quantitative estimate of drug-likeness (QED) is 0.827. The Kier molecular flexibility index (Phi) is 5.39. The molecule has 27 heavy (non-hydrogen) atoms. The van der Waals surface area contributed by atoms with Crippen molar-refractivity contribution in [1.29, 1.82) is 0 Å². The second-order valence-electron chi connectivity index (χ2n) is 6.43. The normalized spacial score (nSPS) is 15.6. The van der Waals surface area contributed by atoms with E-state index in [-0.39, 0.29) is 18.2 Å². The van der Waals surface area contributed by atoms with Gasteiger partial charge in [0.05, 0.1) is 0 Å². The number of carbonyl (C=O) groups is 2. The zero-order valence-electron chi connectivity index (χ0n) is 15.1. The maximum absolute atomic E-state index is 13.7. The number of benzene rings is 2. The first-order valence-corrected chi connectivity index (χ1v) is 8.63. The molecule has 0 saturated carbocycles. The van der Waals surface area contributed by atoms with E-state index in [0.29, 0.717) is 19.2 Å². The van der Waals surface area contributed by atoms with Gasteiger partial charge in [0.25, 0.3) is 5.91 Å². The highest BCUT2D eigenvalue weighted by atomic mass is 19.1. The zero-order valence-corrected chi connectivity index (χ0v) is 15.1. The molecular weight excluding hydrogens is 354 g/mol. The van der Waals surface area contributed by atoms with Crippen LogP contribution in [0.1, 0.15) is 12.5 Å². The number of para-hydroxylation sites is 1. The molecule has 2 aromatic rings. The number of hydrogen-bond donors (Lipinski definition) is 0. The molecule has 7 heteroatoms.